The molecular weight excluding hydrogens is 238 g/mol. The van der Waals surface area contributed by atoms with Crippen LogP contribution in [0.4, 0.5) is 21.9 Å². The molecule has 0 bridgehead atoms. The van der Waals surface area contributed by atoms with Crippen molar-refractivity contribution >= 4 is 23.2 Å². The van der Waals surface area contributed by atoms with Crippen molar-refractivity contribution in [2.45, 2.75) is 20.8 Å². The summed E-state index contributed by atoms with van der Waals surface area (Å²) in [5.74, 6) is 0. The molecule has 18 heavy (non-hydrogen) atoms. The number of ether oxygens (including phenoxy) is 1. The highest BCUT2D eigenvalue weighted by molar-refractivity contribution is 5.88. The molecule has 0 atom stereocenters. The Bertz CT molecular complexity index is 421. The summed E-state index contributed by atoms with van der Waals surface area (Å²) in [5.41, 5.74) is 5.44. The third-order valence-corrected chi connectivity index (χ3v) is 1.73. The van der Waals surface area contributed by atoms with Gasteiger partial charge in [0.25, 0.3) is 5.69 Å². The molecule has 1 aromatic carbocycles. The molecule has 0 fully saturated rings. The van der Waals surface area contributed by atoms with Crippen molar-refractivity contribution < 1.29 is 14.5 Å². The molecular formula is C11H17N3O4. The monoisotopic (exact) mass is 255 g/mol. The highest BCUT2D eigenvalue weighted by atomic mass is 16.6. The number of anilines is 2. The molecule has 0 saturated heterocycles. The molecule has 0 spiro atoms. The van der Waals surface area contributed by atoms with Gasteiger partial charge in [-0.1, -0.05) is 13.8 Å². The minimum absolute atomic E-state index is 0.0534. The number of amides is 1. The number of nitrogens with two attached hydrogens (primary N) is 1. The van der Waals surface area contributed by atoms with Gasteiger partial charge in [-0.2, -0.15) is 0 Å². The van der Waals surface area contributed by atoms with Gasteiger partial charge in [-0.25, -0.2) is 4.79 Å². The molecule has 0 aliphatic heterocycles. The lowest BCUT2D eigenvalue weighted by Gasteiger charge is -2.06. The van der Waals surface area contributed by atoms with Crippen LogP contribution in [0.5, 0.6) is 0 Å². The number of hydrogen-bond acceptors (Lipinski definition) is 5. The number of rotatable bonds is 3. The second kappa shape index (κ2) is 7.88. The maximum atomic E-state index is 11.1. The first-order valence-electron chi connectivity index (χ1n) is 5.52. The Kier molecular flexibility index (Phi) is 6.87. The van der Waals surface area contributed by atoms with Crippen molar-refractivity contribution in [2.75, 3.05) is 17.7 Å². The fourth-order valence-electron chi connectivity index (χ4n) is 1.08. The van der Waals surface area contributed by atoms with Crippen LogP contribution < -0.4 is 11.1 Å². The van der Waals surface area contributed by atoms with E-state index in [1.165, 1.54) is 18.2 Å². The zero-order valence-corrected chi connectivity index (χ0v) is 10.6. The largest absolute Gasteiger partial charge is 0.450 e. The van der Waals surface area contributed by atoms with Crippen molar-refractivity contribution in [2.24, 2.45) is 0 Å². The lowest BCUT2D eigenvalue weighted by Crippen LogP contribution is -2.14. The summed E-state index contributed by atoms with van der Waals surface area (Å²) in [6.07, 6.45) is -0.740. The first-order valence-corrected chi connectivity index (χ1v) is 5.52. The van der Waals surface area contributed by atoms with Crippen LogP contribution in [-0.2, 0) is 4.74 Å². The van der Waals surface area contributed by atoms with E-state index in [9.17, 15) is 14.9 Å². The maximum Gasteiger partial charge on any atom is 0.411 e. The van der Waals surface area contributed by atoms with Gasteiger partial charge in [0.1, 0.15) is 5.69 Å². The molecule has 0 saturated carbocycles. The van der Waals surface area contributed by atoms with Crippen LogP contribution in [0.1, 0.15) is 20.8 Å². The number of hydrogen-bond donors (Lipinski definition) is 2. The molecule has 100 valence electrons. The summed E-state index contributed by atoms with van der Waals surface area (Å²) in [6, 6.07) is 3.97. The van der Waals surface area contributed by atoms with Crippen molar-refractivity contribution in [3.63, 3.8) is 0 Å². The van der Waals surface area contributed by atoms with Gasteiger partial charge in [0.05, 0.1) is 11.5 Å². The van der Waals surface area contributed by atoms with Crippen LogP contribution in [-0.4, -0.2) is 17.6 Å². The van der Waals surface area contributed by atoms with Gasteiger partial charge in [-0.05, 0) is 19.1 Å². The van der Waals surface area contributed by atoms with E-state index in [0.29, 0.717) is 0 Å². The van der Waals surface area contributed by atoms with E-state index in [1.807, 2.05) is 13.8 Å². The summed E-state index contributed by atoms with van der Waals surface area (Å²) < 4.78 is 4.61. The standard InChI is InChI=1S/C9H11N3O4.C2H6/c1-2-16-9(13)11-7-4-3-6(10)5-8(7)12(14)15;1-2/h3-5H,2,10H2,1H3,(H,11,13);1-2H3. The van der Waals surface area contributed by atoms with Gasteiger partial charge >= 0.3 is 6.09 Å². The van der Waals surface area contributed by atoms with E-state index < -0.39 is 11.0 Å². The Morgan fingerprint density at radius 1 is 1.50 bits per heavy atom. The van der Waals surface area contributed by atoms with Gasteiger partial charge in [-0.3, -0.25) is 15.4 Å². The van der Waals surface area contributed by atoms with E-state index in [0.717, 1.165) is 0 Å². The molecule has 1 amide bonds. The first-order chi connectivity index (χ1) is 8.54. The van der Waals surface area contributed by atoms with Crippen LogP contribution in [0.3, 0.4) is 0 Å². The molecule has 1 rings (SSSR count). The number of carbonyl (C=O) groups is 1. The van der Waals surface area contributed by atoms with E-state index >= 15 is 0 Å². The lowest BCUT2D eigenvalue weighted by atomic mass is 10.2. The second-order valence-corrected chi connectivity index (χ2v) is 2.88. The van der Waals surface area contributed by atoms with Crippen LogP contribution in [0.15, 0.2) is 18.2 Å². The van der Waals surface area contributed by atoms with Gasteiger partial charge in [-0.15, -0.1) is 0 Å². The van der Waals surface area contributed by atoms with Crippen molar-refractivity contribution in [3.8, 4) is 0 Å². The Morgan fingerprint density at radius 3 is 2.61 bits per heavy atom. The Morgan fingerprint density at radius 2 is 2.11 bits per heavy atom. The number of benzene rings is 1. The minimum atomic E-state index is -0.740. The van der Waals surface area contributed by atoms with Gasteiger partial charge < -0.3 is 10.5 Å². The predicted octanol–water partition coefficient (Wildman–Crippen LogP) is 2.77. The smallest absolute Gasteiger partial charge is 0.411 e. The molecule has 0 heterocycles. The Hall–Kier alpha value is -2.31. The van der Waals surface area contributed by atoms with Gasteiger partial charge in [0.15, 0.2) is 0 Å². The molecule has 0 unspecified atom stereocenters. The molecule has 0 aromatic heterocycles. The topological polar surface area (TPSA) is 107 Å². The number of nitro groups is 1. The minimum Gasteiger partial charge on any atom is -0.450 e. The number of carbonyl (C=O) groups excluding carboxylic acids is 1. The van der Waals surface area contributed by atoms with Crippen LogP contribution >= 0.6 is 0 Å². The SMILES string of the molecule is CC.CCOC(=O)Nc1ccc(N)cc1[N+](=O)[O-]. The van der Waals surface area contributed by atoms with E-state index in [1.54, 1.807) is 6.92 Å². The number of nitrogens with one attached hydrogen (secondary N) is 1. The molecule has 7 nitrogen and oxygen atoms in total. The maximum absolute atomic E-state index is 11.1. The third-order valence-electron chi connectivity index (χ3n) is 1.73. The summed E-state index contributed by atoms with van der Waals surface area (Å²) >= 11 is 0. The molecule has 0 aliphatic carbocycles. The summed E-state index contributed by atoms with van der Waals surface area (Å²) in [5, 5.41) is 12.9. The Balaban J connectivity index is 0.00000137. The normalized spacial score (nSPS) is 8.83. The summed E-state index contributed by atoms with van der Waals surface area (Å²) in [6.45, 7) is 5.82. The average molecular weight is 255 g/mol. The average Bonchev–Trinajstić information content (AvgIpc) is 2.34. The van der Waals surface area contributed by atoms with E-state index in [4.69, 9.17) is 5.73 Å². The highest BCUT2D eigenvalue weighted by Crippen LogP contribution is 2.26. The zero-order valence-electron chi connectivity index (χ0n) is 10.6. The van der Waals surface area contributed by atoms with Crippen molar-refractivity contribution in [3.05, 3.63) is 28.3 Å². The molecule has 7 heteroatoms. The van der Waals surface area contributed by atoms with Gasteiger partial charge in [0.2, 0.25) is 0 Å². The van der Waals surface area contributed by atoms with Crippen LogP contribution in [0, 0.1) is 10.1 Å². The fraction of sp³-hybridized carbons (Fsp3) is 0.364. The molecule has 3 N–H and O–H groups in total. The first kappa shape index (κ1) is 15.7. The number of nitrogen functional groups attached to an aromatic ring is 1. The van der Waals surface area contributed by atoms with Crippen molar-refractivity contribution in [1.82, 2.24) is 0 Å². The fourth-order valence-corrected chi connectivity index (χ4v) is 1.08. The number of nitro benzene ring substituents is 1. The third kappa shape index (κ3) is 4.69. The van der Waals surface area contributed by atoms with Crippen LogP contribution in [0.25, 0.3) is 0 Å². The van der Waals surface area contributed by atoms with Crippen LogP contribution in [0.2, 0.25) is 0 Å². The summed E-state index contributed by atoms with van der Waals surface area (Å²) in [7, 11) is 0. The second-order valence-electron chi connectivity index (χ2n) is 2.88. The van der Waals surface area contributed by atoms with E-state index in [2.05, 4.69) is 10.1 Å². The zero-order chi connectivity index (χ0) is 14.1. The van der Waals surface area contributed by atoms with E-state index in [-0.39, 0.29) is 23.7 Å². The van der Waals surface area contributed by atoms with Crippen molar-refractivity contribution in [1.29, 1.82) is 0 Å². The Labute approximate surface area is 105 Å². The van der Waals surface area contributed by atoms with Gasteiger partial charge in [0, 0.05) is 11.8 Å². The number of nitrogens with zero attached hydrogens (tertiary/aromatic N) is 1. The molecule has 0 aliphatic rings. The molecule has 1 aromatic rings. The quantitative estimate of drug-likeness (QED) is 0.490. The summed E-state index contributed by atoms with van der Waals surface area (Å²) in [4.78, 5) is 21.1. The highest BCUT2D eigenvalue weighted by Gasteiger charge is 2.16. The lowest BCUT2D eigenvalue weighted by molar-refractivity contribution is -0.383. The molecule has 0 radical (unpaired) electrons. The predicted molar refractivity (Wildman–Crippen MR) is 69.5 cm³/mol.